The van der Waals surface area contributed by atoms with Crippen molar-refractivity contribution in [1.82, 2.24) is 20.0 Å². The average molecular weight is 300 g/mol. The molecule has 116 valence electrons. The lowest BCUT2D eigenvalue weighted by Crippen LogP contribution is -2.28. The SMILES string of the molecule is Cc1ccc(C(=O)N2CCC(CCc3noc(C)n3)C2)cn1. The van der Waals surface area contributed by atoms with E-state index in [-0.39, 0.29) is 5.91 Å². The summed E-state index contributed by atoms with van der Waals surface area (Å²) in [6.07, 6.45) is 4.47. The van der Waals surface area contributed by atoms with Gasteiger partial charge in [0.05, 0.1) is 5.56 Å². The Morgan fingerprint density at radius 3 is 2.95 bits per heavy atom. The van der Waals surface area contributed by atoms with Gasteiger partial charge in [0.2, 0.25) is 5.89 Å². The van der Waals surface area contributed by atoms with E-state index in [1.54, 1.807) is 13.1 Å². The monoisotopic (exact) mass is 300 g/mol. The quantitative estimate of drug-likeness (QED) is 0.865. The molecular formula is C16H20N4O2. The predicted octanol–water partition coefficient (Wildman–Crippen LogP) is 2.18. The van der Waals surface area contributed by atoms with Gasteiger partial charge in [-0.15, -0.1) is 0 Å². The van der Waals surface area contributed by atoms with Gasteiger partial charge in [0.25, 0.3) is 5.91 Å². The minimum absolute atomic E-state index is 0.0744. The zero-order valence-corrected chi connectivity index (χ0v) is 13.0. The number of nitrogens with zero attached hydrogens (tertiary/aromatic N) is 4. The van der Waals surface area contributed by atoms with E-state index >= 15 is 0 Å². The maximum Gasteiger partial charge on any atom is 0.255 e. The molecule has 22 heavy (non-hydrogen) atoms. The smallest absolute Gasteiger partial charge is 0.255 e. The van der Waals surface area contributed by atoms with Gasteiger partial charge < -0.3 is 9.42 Å². The molecule has 1 fully saturated rings. The van der Waals surface area contributed by atoms with E-state index in [2.05, 4.69) is 15.1 Å². The first kappa shape index (κ1) is 14.7. The van der Waals surface area contributed by atoms with Crippen molar-refractivity contribution in [3.8, 4) is 0 Å². The molecule has 1 saturated heterocycles. The van der Waals surface area contributed by atoms with Crippen LogP contribution in [0.5, 0.6) is 0 Å². The topological polar surface area (TPSA) is 72.1 Å². The van der Waals surface area contributed by atoms with Crippen LogP contribution in [0.2, 0.25) is 0 Å². The summed E-state index contributed by atoms with van der Waals surface area (Å²) in [5.74, 6) is 1.93. The maximum absolute atomic E-state index is 12.4. The Morgan fingerprint density at radius 2 is 2.27 bits per heavy atom. The second kappa shape index (κ2) is 6.25. The summed E-state index contributed by atoms with van der Waals surface area (Å²) in [6, 6.07) is 3.72. The highest BCUT2D eigenvalue weighted by molar-refractivity contribution is 5.94. The minimum Gasteiger partial charge on any atom is -0.340 e. The first-order chi connectivity index (χ1) is 10.6. The zero-order valence-electron chi connectivity index (χ0n) is 13.0. The van der Waals surface area contributed by atoms with Gasteiger partial charge >= 0.3 is 0 Å². The van der Waals surface area contributed by atoms with Gasteiger partial charge in [0, 0.05) is 38.3 Å². The number of amides is 1. The van der Waals surface area contributed by atoms with Gasteiger partial charge in [-0.25, -0.2) is 0 Å². The highest BCUT2D eigenvalue weighted by Gasteiger charge is 2.27. The Morgan fingerprint density at radius 1 is 1.41 bits per heavy atom. The van der Waals surface area contributed by atoms with Crippen LogP contribution in [0, 0.1) is 19.8 Å². The number of likely N-dealkylation sites (tertiary alicyclic amines) is 1. The second-order valence-corrected chi connectivity index (χ2v) is 5.86. The molecule has 0 bridgehead atoms. The van der Waals surface area contributed by atoms with E-state index < -0.39 is 0 Å². The second-order valence-electron chi connectivity index (χ2n) is 5.86. The van der Waals surface area contributed by atoms with Gasteiger partial charge in [-0.3, -0.25) is 9.78 Å². The van der Waals surface area contributed by atoms with Crippen LogP contribution in [0.4, 0.5) is 0 Å². The molecule has 1 atom stereocenters. The summed E-state index contributed by atoms with van der Waals surface area (Å²) in [4.78, 5) is 22.8. The Kier molecular flexibility index (Phi) is 4.18. The summed E-state index contributed by atoms with van der Waals surface area (Å²) >= 11 is 0. The molecular weight excluding hydrogens is 280 g/mol. The molecule has 1 unspecified atom stereocenters. The van der Waals surface area contributed by atoms with Gasteiger partial charge in [0.15, 0.2) is 5.82 Å². The predicted molar refractivity (Wildman–Crippen MR) is 80.3 cm³/mol. The molecule has 1 aliphatic heterocycles. The largest absolute Gasteiger partial charge is 0.340 e. The van der Waals surface area contributed by atoms with Crippen molar-refractivity contribution >= 4 is 5.91 Å². The van der Waals surface area contributed by atoms with Crippen molar-refractivity contribution in [2.75, 3.05) is 13.1 Å². The molecule has 0 aromatic carbocycles. The van der Waals surface area contributed by atoms with Crippen molar-refractivity contribution in [2.45, 2.75) is 33.1 Å². The number of hydrogen-bond donors (Lipinski definition) is 0. The van der Waals surface area contributed by atoms with E-state index in [9.17, 15) is 4.79 Å². The van der Waals surface area contributed by atoms with Crippen molar-refractivity contribution in [3.63, 3.8) is 0 Å². The summed E-state index contributed by atoms with van der Waals surface area (Å²) < 4.78 is 4.97. The summed E-state index contributed by atoms with van der Waals surface area (Å²) in [5, 5.41) is 3.91. The van der Waals surface area contributed by atoms with Crippen molar-refractivity contribution in [1.29, 1.82) is 0 Å². The first-order valence-electron chi connectivity index (χ1n) is 7.63. The molecule has 0 radical (unpaired) electrons. The third kappa shape index (κ3) is 3.32. The lowest BCUT2D eigenvalue weighted by molar-refractivity contribution is 0.0786. The molecule has 1 aliphatic rings. The van der Waals surface area contributed by atoms with Crippen LogP contribution >= 0.6 is 0 Å². The Bertz CT molecular complexity index is 650. The molecule has 0 spiro atoms. The molecule has 2 aromatic heterocycles. The van der Waals surface area contributed by atoms with Crippen molar-refractivity contribution < 1.29 is 9.32 Å². The molecule has 3 rings (SSSR count). The maximum atomic E-state index is 12.4. The highest BCUT2D eigenvalue weighted by atomic mass is 16.5. The molecule has 0 saturated carbocycles. The summed E-state index contributed by atoms with van der Waals surface area (Å²) in [6.45, 7) is 5.31. The van der Waals surface area contributed by atoms with E-state index in [4.69, 9.17) is 4.52 Å². The fourth-order valence-electron chi connectivity index (χ4n) is 2.81. The standard InChI is InChI=1S/C16H20N4O2/c1-11-3-5-14(9-17-11)16(21)20-8-7-13(10-20)4-6-15-18-12(2)22-19-15/h3,5,9,13H,4,6-8,10H2,1-2H3. The van der Waals surface area contributed by atoms with Crippen LogP contribution in [0.15, 0.2) is 22.9 Å². The van der Waals surface area contributed by atoms with Crippen LogP contribution in [0.1, 0.15) is 40.6 Å². The highest BCUT2D eigenvalue weighted by Crippen LogP contribution is 2.22. The molecule has 0 N–H and O–H groups in total. The number of hydrogen-bond acceptors (Lipinski definition) is 5. The molecule has 6 nitrogen and oxygen atoms in total. The Labute approximate surface area is 129 Å². The van der Waals surface area contributed by atoms with Gasteiger partial charge in [-0.1, -0.05) is 5.16 Å². The molecule has 1 amide bonds. The fourth-order valence-corrected chi connectivity index (χ4v) is 2.81. The van der Waals surface area contributed by atoms with Gasteiger partial charge in [-0.05, 0) is 37.8 Å². The number of aromatic nitrogens is 3. The summed E-state index contributed by atoms with van der Waals surface area (Å²) in [5.41, 5.74) is 1.59. The minimum atomic E-state index is 0.0744. The van der Waals surface area contributed by atoms with E-state index in [0.717, 1.165) is 43.9 Å². The summed E-state index contributed by atoms with van der Waals surface area (Å²) in [7, 11) is 0. The number of aryl methyl sites for hydroxylation is 3. The van der Waals surface area contributed by atoms with Gasteiger partial charge in [0.1, 0.15) is 0 Å². The molecule has 6 heteroatoms. The first-order valence-corrected chi connectivity index (χ1v) is 7.63. The Hall–Kier alpha value is -2.24. The number of rotatable bonds is 4. The average Bonchev–Trinajstić information content (AvgIpc) is 3.14. The lowest BCUT2D eigenvalue weighted by atomic mass is 10.0. The van der Waals surface area contributed by atoms with E-state index in [1.165, 1.54) is 0 Å². The third-order valence-corrected chi connectivity index (χ3v) is 4.08. The Balaban J connectivity index is 1.53. The van der Waals surface area contributed by atoms with Crippen LogP contribution in [-0.4, -0.2) is 39.0 Å². The number of pyridine rings is 1. The number of carbonyl (C=O) groups excluding carboxylic acids is 1. The van der Waals surface area contributed by atoms with E-state index in [1.807, 2.05) is 24.0 Å². The normalized spacial score (nSPS) is 17.9. The number of carbonyl (C=O) groups is 1. The van der Waals surface area contributed by atoms with Crippen LogP contribution in [0.3, 0.4) is 0 Å². The molecule has 2 aromatic rings. The van der Waals surface area contributed by atoms with Crippen LogP contribution in [-0.2, 0) is 6.42 Å². The third-order valence-electron chi connectivity index (χ3n) is 4.08. The van der Waals surface area contributed by atoms with Crippen LogP contribution < -0.4 is 0 Å². The zero-order chi connectivity index (χ0) is 15.5. The lowest BCUT2D eigenvalue weighted by Gasteiger charge is -2.16. The van der Waals surface area contributed by atoms with Crippen molar-refractivity contribution in [2.24, 2.45) is 5.92 Å². The van der Waals surface area contributed by atoms with Gasteiger partial charge in [-0.2, -0.15) is 4.98 Å². The van der Waals surface area contributed by atoms with Crippen molar-refractivity contribution in [3.05, 3.63) is 41.3 Å². The van der Waals surface area contributed by atoms with E-state index in [0.29, 0.717) is 17.4 Å². The molecule has 3 heterocycles. The van der Waals surface area contributed by atoms with Crippen LogP contribution in [0.25, 0.3) is 0 Å². The fraction of sp³-hybridized carbons (Fsp3) is 0.500. The molecule has 0 aliphatic carbocycles.